The highest BCUT2D eigenvalue weighted by atomic mass is 16.2. The van der Waals surface area contributed by atoms with Crippen LogP contribution in [0.15, 0.2) is 55.1 Å². The van der Waals surface area contributed by atoms with Gasteiger partial charge in [0, 0.05) is 50.2 Å². The number of hydrogen-bond donors (Lipinski definition) is 1. The van der Waals surface area contributed by atoms with Crippen LogP contribution in [0.3, 0.4) is 0 Å². The first-order valence-corrected chi connectivity index (χ1v) is 8.04. The van der Waals surface area contributed by atoms with E-state index in [4.69, 9.17) is 0 Å². The topological polar surface area (TPSA) is 62.5 Å². The van der Waals surface area contributed by atoms with Crippen LogP contribution < -0.4 is 5.32 Å². The van der Waals surface area contributed by atoms with Gasteiger partial charge in [0.25, 0.3) is 0 Å². The van der Waals surface area contributed by atoms with Crippen LogP contribution in [-0.2, 0) is 11.3 Å². The van der Waals surface area contributed by atoms with Crippen molar-refractivity contribution in [2.75, 3.05) is 7.05 Å². The molecule has 4 heterocycles. The summed E-state index contributed by atoms with van der Waals surface area (Å²) in [4.78, 5) is 18.2. The third kappa shape index (κ3) is 2.55. The Morgan fingerprint density at radius 2 is 2.17 bits per heavy atom. The Kier molecular flexibility index (Phi) is 3.74. The zero-order valence-corrected chi connectivity index (χ0v) is 13.5. The fourth-order valence-corrected chi connectivity index (χ4v) is 3.42. The Morgan fingerprint density at radius 3 is 3.00 bits per heavy atom. The zero-order valence-electron chi connectivity index (χ0n) is 13.5. The van der Waals surface area contributed by atoms with Crippen LogP contribution in [0.25, 0.3) is 5.52 Å². The molecule has 3 aromatic rings. The monoisotopic (exact) mass is 321 g/mol. The molecule has 6 heteroatoms. The van der Waals surface area contributed by atoms with E-state index >= 15 is 0 Å². The van der Waals surface area contributed by atoms with E-state index in [0.29, 0.717) is 13.0 Å². The highest BCUT2D eigenvalue weighted by Gasteiger charge is 2.38. The molecule has 1 aliphatic heterocycles. The Hall–Kier alpha value is -2.73. The van der Waals surface area contributed by atoms with Crippen molar-refractivity contribution >= 4 is 11.4 Å². The summed E-state index contributed by atoms with van der Waals surface area (Å²) in [6.45, 7) is 0.677. The van der Waals surface area contributed by atoms with E-state index in [1.807, 2.05) is 59.3 Å². The van der Waals surface area contributed by atoms with E-state index in [-0.39, 0.29) is 18.0 Å². The van der Waals surface area contributed by atoms with Gasteiger partial charge in [0.2, 0.25) is 5.91 Å². The molecule has 0 radical (unpaired) electrons. The highest BCUT2D eigenvalue weighted by molar-refractivity contribution is 5.80. The number of carbonyl (C=O) groups excluding carboxylic acids is 1. The first-order chi connectivity index (χ1) is 11.7. The van der Waals surface area contributed by atoms with Gasteiger partial charge in [-0.05, 0) is 23.8 Å². The molecule has 6 nitrogen and oxygen atoms in total. The number of nitrogens with one attached hydrogen (secondary N) is 1. The van der Waals surface area contributed by atoms with Gasteiger partial charge in [-0.15, -0.1) is 0 Å². The van der Waals surface area contributed by atoms with Crippen LogP contribution in [-0.4, -0.2) is 38.5 Å². The van der Waals surface area contributed by atoms with Crippen molar-refractivity contribution in [3.05, 3.63) is 66.2 Å². The molecule has 0 bridgehead atoms. The predicted octanol–water partition coefficient (Wildman–Crippen LogP) is 1.79. The predicted molar refractivity (Wildman–Crippen MR) is 90.2 cm³/mol. The summed E-state index contributed by atoms with van der Waals surface area (Å²) in [5, 5.41) is 7.90. The maximum absolute atomic E-state index is 12.2. The number of likely N-dealkylation sites (tertiary alicyclic amines) is 1. The zero-order chi connectivity index (χ0) is 16.5. The molecule has 2 atom stereocenters. The molecule has 0 spiro atoms. The molecule has 1 fully saturated rings. The number of carbonyl (C=O) groups is 1. The molecule has 0 saturated carbocycles. The Morgan fingerprint density at radius 1 is 1.25 bits per heavy atom. The van der Waals surface area contributed by atoms with Crippen molar-refractivity contribution in [2.24, 2.45) is 0 Å². The maximum Gasteiger partial charge on any atom is 0.224 e. The molecule has 0 unspecified atom stereocenters. The lowest BCUT2D eigenvalue weighted by Gasteiger charge is -2.25. The van der Waals surface area contributed by atoms with Crippen molar-refractivity contribution in [1.29, 1.82) is 0 Å². The molecule has 122 valence electrons. The van der Waals surface area contributed by atoms with Crippen molar-refractivity contribution in [2.45, 2.75) is 25.0 Å². The van der Waals surface area contributed by atoms with E-state index in [0.717, 1.165) is 16.6 Å². The fourth-order valence-electron chi connectivity index (χ4n) is 3.42. The Bertz CT molecular complexity index is 860. The van der Waals surface area contributed by atoms with Gasteiger partial charge >= 0.3 is 0 Å². The smallest absolute Gasteiger partial charge is 0.224 e. The quantitative estimate of drug-likeness (QED) is 0.796. The van der Waals surface area contributed by atoms with Crippen molar-refractivity contribution in [3.63, 3.8) is 0 Å². The van der Waals surface area contributed by atoms with E-state index in [2.05, 4.69) is 21.5 Å². The van der Waals surface area contributed by atoms with Gasteiger partial charge in [0.05, 0.1) is 17.8 Å². The average molecular weight is 321 g/mol. The molecule has 24 heavy (non-hydrogen) atoms. The maximum atomic E-state index is 12.2. The number of hydrogen-bond acceptors (Lipinski definition) is 4. The lowest BCUT2D eigenvalue weighted by atomic mass is 10.0. The number of fused-ring (bicyclic) bond motifs is 1. The van der Waals surface area contributed by atoms with Gasteiger partial charge in [-0.2, -0.15) is 5.10 Å². The Labute approximate surface area is 140 Å². The SMILES string of the molecule is CN1C(=O)C[C@@H](NCc2cnn3ccccc23)[C@@H]1c1cccnc1. The second-order valence-electron chi connectivity index (χ2n) is 6.13. The lowest BCUT2D eigenvalue weighted by Crippen LogP contribution is -2.34. The summed E-state index contributed by atoms with van der Waals surface area (Å²) in [6, 6.07) is 10.0. The molecule has 1 saturated heterocycles. The van der Waals surface area contributed by atoms with Gasteiger partial charge in [0.1, 0.15) is 0 Å². The number of nitrogens with zero attached hydrogens (tertiary/aromatic N) is 4. The van der Waals surface area contributed by atoms with Crippen molar-refractivity contribution < 1.29 is 4.79 Å². The molecular formula is C18H19N5O. The highest BCUT2D eigenvalue weighted by Crippen LogP contribution is 2.31. The number of aromatic nitrogens is 3. The van der Waals surface area contributed by atoms with E-state index in [9.17, 15) is 4.79 Å². The third-order valence-corrected chi connectivity index (χ3v) is 4.67. The van der Waals surface area contributed by atoms with Crippen molar-refractivity contribution in [3.8, 4) is 0 Å². The van der Waals surface area contributed by atoms with Crippen LogP contribution in [0.4, 0.5) is 0 Å². The van der Waals surface area contributed by atoms with Crippen molar-refractivity contribution in [1.82, 2.24) is 24.8 Å². The van der Waals surface area contributed by atoms with Crippen LogP contribution >= 0.6 is 0 Å². The van der Waals surface area contributed by atoms with E-state index < -0.39 is 0 Å². The molecule has 0 aromatic carbocycles. The lowest BCUT2D eigenvalue weighted by molar-refractivity contribution is -0.127. The number of rotatable bonds is 4. The largest absolute Gasteiger partial charge is 0.337 e. The van der Waals surface area contributed by atoms with Crippen LogP contribution in [0.2, 0.25) is 0 Å². The Balaban J connectivity index is 1.55. The molecule has 3 aromatic heterocycles. The second kappa shape index (κ2) is 6.05. The number of likely N-dealkylation sites (N-methyl/N-ethyl adjacent to an activating group) is 1. The van der Waals surface area contributed by atoms with Gasteiger partial charge in [-0.3, -0.25) is 9.78 Å². The molecule has 0 aliphatic carbocycles. The summed E-state index contributed by atoms with van der Waals surface area (Å²) >= 11 is 0. The van der Waals surface area contributed by atoms with Crippen LogP contribution in [0, 0.1) is 0 Å². The molecule has 1 N–H and O–H groups in total. The second-order valence-corrected chi connectivity index (χ2v) is 6.13. The minimum Gasteiger partial charge on any atom is -0.337 e. The molecular weight excluding hydrogens is 302 g/mol. The molecule has 1 amide bonds. The number of pyridine rings is 2. The summed E-state index contributed by atoms with van der Waals surface area (Å²) in [6.07, 6.45) is 7.90. The fraction of sp³-hybridized carbons (Fsp3) is 0.278. The van der Waals surface area contributed by atoms with Gasteiger partial charge in [-0.1, -0.05) is 12.1 Å². The van der Waals surface area contributed by atoms with E-state index in [1.54, 1.807) is 6.20 Å². The van der Waals surface area contributed by atoms with Gasteiger partial charge in [0.15, 0.2) is 0 Å². The summed E-state index contributed by atoms with van der Waals surface area (Å²) in [5.74, 6) is 0.154. The van der Waals surface area contributed by atoms with E-state index in [1.165, 1.54) is 0 Å². The third-order valence-electron chi connectivity index (χ3n) is 4.67. The first-order valence-electron chi connectivity index (χ1n) is 8.04. The minimum absolute atomic E-state index is 0.00744. The molecule has 1 aliphatic rings. The first kappa shape index (κ1) is 14.8. The molecule has 4 rings (SSSR count). The van der Waals surface area contributed by atoms with Gasteiger partial charge < -0.3 is 10.2 Å². The van der Waals surface area contributed by atoms with Crippen LogP contribution in [0.5, 0.6) is 0 Å². The average Bonchev–Trinajstić information content (AvgIpc) is 3.15. The number of amides is 1. The van der Waals surface area contributed by atoms with Gasteiger partial charge in [-0.25, -0.2) is 4.52 Å². The normalized spacial score (nSPS) is 20.9. The van der Waals surface area contributed by atoms with Crippen LogP contribution in [0.1, 0.15) is 23.6 Å². The minimum atomic E-state index is 0.00744. The summed E-state index contributed by atoms with van der Waals surface area (Å²) in [5.41, 5.74) is 3.27. The standard InChI is InChI=1S/C18H19N5O/c1-22-17(24)9-15(18(22)13-5-4-7-19-10-13)20-11-14-12-21-23-8-3-2-6-16(14)23/h2-8,10,12,15,18,20H,9,11H2,1H3/t15-,18+/m1/s1. The summed E-state index contributed by atoms with van der Waals surface area (Å²) < 4.78 is 1.86. The summed E-state index contributed by atoms with van der Waals surface area (Å²) in [7, 11) is 1.86.